The van der Waals surface area contributed by atoms with Crippen LogP contribution in [0.2, 0.25) is 0 Å². The number of aromatic nitrogens is 3. The van der Waals surface area contributed by atoms with E-state index in [9.17, 15) is 9.18 Å². The van der Waals surface area contributed by atoms with E-state index in [-0.39, 0.29) is 17.5 Å². The third-order valence-electron chi connectivity index (χ3n) is 4.36. The number of hydrogen-bond donors (Lipinski definition) is 2. The van der Waals surface area contributed by atoms with Crippen LogP contribution in [0.4, 0.5) is 4.39 Å². The second kappa shape index (κ2) is 6.60. The molecule has 0 saturated carbocycles. The fraction of sp³-hybridized carbons (Fsp3) is 0.278. The molecule has 0 unspecified atom stereocenters. The summed E-state index contributed by atoms with van der Waals surface area (Å²) < 4.78 is 19.4. The molecular formula is C18H17FN4O2. The van der Waals surface area contributed by atoms with E-state index in [0.717, 1.165) is 18.4 Å². The first-order valence-corrected chi connectivity index (χ1v) is 8.17. The lowest BCUT2D eigenvalue weighted by Crippen LogP contribution is -2.38. The number of imidazole rings is 1. The van der Waals surface area contributed by atoms with Gasteiger partial charge in [-0.15, -0.1) is 0 Å². The maximum absolute atomic E-state index is 14.1. The van der Waals surface area contributed by atoms with Gasteiger partial charge >= 0.3 is 0 Å². The van der Waals surface area contributed by atoms with Crippen molar-refractivity contribution in [3.8, 4) is 11.1 Å². The average Bonchev–Trinajstić information content (AvgIpc) is 3.10. The van der Waals surface area contributed by atoms with Crippen molar-refractivity contribution in [1.82, 2.24) is 20.3 Å². The Balaban J connectivity index is 1.66. The predicted octanol–water partition coefficient (Wildman–Crippen LogP) is 2.67. The Bertz CT molecular complexity index is 918. The monoisotopic (exact) mass is 340 g/mol. The molecule has 4 rings (SSSR count). The van der Waals surface area contributed by atoms with E-state index in [1.54, 1.807) is 24.8 Å². The van der Waals surface area contributed by atoms with Crippen LogP contribution in [0, 0.1) is 5.82 Å². The number of aromatic amines is 1. The van der Waals surface area contributed by atoms with Gasteiger partial charge in [-0.25, -0.2) is 9.37 Å². The number of carbonyl (C=O) groups is 1. The largest absolute Gasteiger partial charge is 0.381 e. The van der Waals surface area contributed by atoms with Gasteiger partial charge in [0, 0.05) is 36.6 Å². The molecule has 2 N–H and O–H groups in total. The van der Waals surface area contributed by atoms with Gasteiger partial charge in [0.2, 0.25) is 0 Å². The minimum absolute atomic E-state index is 0.0596. The maximum atomic E-state index is 14.1. The van der Waals surface area contributed by atoms with Gasteiger partial charge in [-0.2, -0.15) is 0 Å². The van der Waals surface area contributed by atoms with Crippen LogP contribution in [-0.2, 0) is 4.74 Å². The number of ether oxygens (including phenoxy) is 1. The van der Waals surface area contributed by atoms with Crippen molar-refractivity contribution in [2.45, 2.75) is 18.9 Å². The van der Waals surface area contributed by atoms with E-state index in [4.69, 9.17) is 4.74 Å². The fourth-order valence-corrected chi connectivity index (χ4v) is 3.06. The minimum atomic E-state index is -0.470. The van der Waals surface area contributed by atoms with Crippen molar-refractivity contribution >= 4 is 16.9 Å². The van der Waals surface area contributed by atoms with Crippen LogP contribution >= 0.6 is 0 Å². The van der Waals surface area contributed by atoms with Gasteiger partial charge in [-0.05, 0) is 36.6 Å². The summed E-state index contributed by atoms with van der Waals surface area (Å²) in [5, 5.41) is 2.95. The van der Waals surface area contributed by atoms with Crippen molar-refractivity contribution in [2.24, 2.45) is 0 Å². The second-order valence-electron chi connectivity index (χ2n) is 6.07. The molecule has 0 spiro atoms. The van der Waals surface area contributed by atoms with Crippen LogP contribution in [0.1, 0.15) is 23.2 Å². The number of halogens is 1. The quantitative estimate of drug-likeness (QED) is 0.768. The normalized spacial score (nSPS) is 15.4. The number of nitrogens with one attached hydrogen (secondary N) is 2. The summed E-state index contributed by atoms with van der Waals surface area (Å²) >= 11 is 0. The van der Waals surface area contributed by atoms with Crippen LogP contribution in [0.15, 0.2) is 36.9 Å². The minimum Gasteiger partial charge on any atom is -0.381 e. The zero-order valence-electron chi connectivity index (χ0n) is 13.5. The van der Waals surface area contributed by atoms with Gasteiger partial charge in [0.05, 0.1) is 23.6 Å². The lowest BCUT2D eigenvalue weighted by atomic mass is 10.0. The zero-order valence-corrected chi connectivity index (χ0v) is 13.5. The average molecular weight is 340 g/mol. The van der Waals surface area contributed by atoms with Gasteiger partial charge in [0.25, 0.3) is 5.91 Å². The van der Waals surface area contributed by atoms with Gasteiger partial charge < -0.3 is 15.0 Å². The molecule has 0 aliphatic carbocycles. The third kappa shape index (κ3) is 3.23. The van der Waals surface area contributed by atoms with E-state index in [1.165, 1.54) is 12.1 Å². The van der Waals surface area contributed by atoms with Crippen molar-refractivity contribution < 1.29 is 13.9 Å². The highest BCUT2D eigenvalue weighted by Crippen LogP contribution is 2.27. The van der Waals surface area contributed by atoms with Crippen molar-refractivity contribution in [3.05, 3.63) is 48.3 Å². The Hall–Kier alpha value is -2.80. The van der Waals surface area contributed by atoms with Crippen LogP contribution in [-0.4, -0.2) is 40.1 Å². The van der Waals surface area contributed by atoms with Crippen molar-refractivity contribution in [3.63, 3.8) is 0 Å². The number of fused-ring (bicyclic) bond motifs is 1. The molecule has 1 saturated heterocycles. The molecule has 7 heteroatoms. The lowest BCUT2D eigenvalue weighted by Gasteiger charge is -2.23. The Labute approximate surface area is 143 Å². The molecule has 1 aliphatic rings. The summed E-state index contributed by atoms with van der Waals surface area (Å²) in [5.74, 6) is -0.753. The van der Waals surface area contributed by atoms with Gasteiger partial charge in [-0.1, -0.05) is 0 Å². The number of carbonyl (C=O) groups excluding carboxylic acids is 1. The molecule has 0 atom stereocenters. The molecule has 25 heavy (non-hydrogen) atoms. The van der Waals surface area contributed by atoms with E-state index in [0.29, 0.717) is 29.9 Å². The summed E-state index contributed by atoms with van der Waals surface area (Å²) in [4.78, 5) is 23.9. The molecular weight excluding hydrogens is 323 g/mol. The third-order valence-corrected chi connectivity index (χ3v) is 4.36. The van der Waals surface area contributed by atoms with Gasteiger partial charge in [-0.3, -0.25) is 9.78 Å². The number of nitrogens with zero attached hydrogens (tertiary/aromatic N) is 2. The number of amides is 1. The first-order valence-electron chi connectivity index (χ1n) is 8.17. The highest BCUT2D eigenvalue weighted by Gasteiger charge is 2.18. The van der Waals surface area contributed by atoms with E-state index in [1.807, 2.05) is 0 Å². The molecule has 0 bridgehead atoms. The van der Waals surface area contributed by atoms with Crippen LogP contribution in [0.3, 0.4) is 0 Å². The summed E-state index contributed by atoms with van der Waals surface area (Å²) in [7, 11) is 0. The number of hydrogen-bond acceptors (Lipinski definition) is 4. The van der Waals surface area contributed by atoms with Crippen molar-refractivity contribution in [1.29, 1.82) is 0 Å². The first kappa shape index (κ1) is 15.7. The molecule has 1 aromatic carbocycles. The first-order chi connectivity index (χ1) is 12.2. The Kier molecular flexibility index (Phi) is 4.15. The van der Waals surface area contributed by atoms with E-state index in [2.05, 4.69) is 20.3 Å². The Morgan fingerprint density at radius 1 is 1.24 bits per heavy atom. The molecule has 1 fully saturated rings. The van der Waals surface area contributed by atoms with Crippen LogP contribution in [0.5, 0.6) is 0 Å². The Morgan fingerprint density at radius 2 is 2.08 bits per heavy atom. The lowest BCUT2D eigenvalue weighted by molar-refractivity contribution is 0.0696. The van der Waals surface area contributed by atoms with Gasteiger partial charge in [0.15, 0.2) is 0 Å². The van der Waals surface area contributed by atoms with Gasteiger partial charge in [0.1, 0.15) is 5.82 Å². The number of rotatable bonds is 3. The Morgan fingerprint density at radius 3 is 2.92 bits per heavy atom. The molecule has 3 aromatic rings. The summed E-state index contributed by atoms with van der Waals surface area (Å²) in [6, 6.07) is 4.36. The summed E-state index contributed by atoms with van der Waals surface area (Å²) in [6.07, 6.45) is 6.38. The molecule has 2 aromatic heterocycles. The summed E-state index contributed by atoms with van der Waals surface area (Å²) in [5.41, 5.74) is 2.99. The maximum Gasteiger partial charge on any atom is 0.251 e. The topological polar surface area (TPSA) is 79.9 Å². The molecule has 3 heterocycles. The number of H-pyrrole nitrogens is 1. The van der Waals surface area contributed by atoms with E-state index >= 15 is 0 Å². The second-order valence-corrected chi connectivity index (χ2v) is 6.07. The van der Waals surface area contributed by atoms with Crippen LogP contribution in [0.25, 0.3) is 22.2 Å². The number of pyridine rings is 1. The van der Waals surface area contributed by atoms with E-state index < -0.39 is 5.82 Å². The van der Waals surface area contributed by atoms with Crippen LogP contribution < -0.4 is 5.32 Å². The smallest absolute Gasteiger partial charge is 0.251 e. The fourth-order valence-electron chi connectivity index (χ4n) is 3.06. The molecule has 1 amide bonds. The number of benzene rings is 1. The standard InChI is InChI=1S/C18H17FN4O2/c19-13-6-11(15-8-20-9-16-17(15)22-10-21-16)5-12(7-13)18(24)23-14-1-3-25-4-2-14/h5-10,14H,1-4H2,(H,21,22)(H,23,24). The molecule has 0 radical (unpaired) electrons. The predicted molar refractivity (Wildman–Crippen MR) is 90.6 cm³/mol. The zero-order chi connectivity index (χ0) is 17.2. The molecule has 1 aliphatic heterocycles. The highest BCUT2D eigenvalue weighted by atomic mass is 19.1. The van der Waals surface area contributed by atoms with Crippen molar-refractivity contribution in [2.75, 3.05) is 13.2 Å². The molecule has 6 nitrogen and oxygen atoms in total. The SMILES string of the molecule is O=C(NC1CCOCC1)c1cc(F)cc(-c2cncc3[nH]cnc23)c1. The highest BCUT2D eigenvalue weighted by molar-refractivity contribution is 5.97. The summed E-state index contributed by atoms with van der Waals surface area (Å²) in [6.45, 7) is 1.26. The molecule has 128 valence electrons.